The molecular weight excluding hydrogens is 394 g/mol. The standard InChI is InChI=1S/C25H29NO5/c1-3-15-30-23-17-21(12-10-19(23)11-13-24(27)28)29-16-14-22-18(2)31-25(26-22)20-8-6-4-5-7-9-20/h4-8,10,12,17H,3,9,11,13-16H2,1-2H3,(H,27,28). The summed E-state index contributed by atoms with van der Waals surface area (Å²) in [5, 5.41) is 8.95. The molecule has 0 amide bonds. The molecule has 1 N–H and O–H groups in total. The van der Waals surface area contributed by atoms with Crippen LogP contribution in [0.15, 0.2) is 53.0 Å². The summed E-state index contributed by atoms with van der Waals surface area (Å²) in [5.74, 6) is 2.00. The Labute approximate surface area is 182 Å². The molecule has 0 spiro atoms. The van der Waals surface area contributed by atoms with E-state index in [-0.39, 0.29) is 6.42 Å². The minimum absolute atomic E-state index is 0.0679. The van der Waals surface area contributed by atoms with Crippen molar-refractivity contribution in [2.75, 3.05) is 13.2 Å². The Bertz CT molecular complexity index is 984. The molecule has 0 atom stereocenters. The molecule has 164 valence electrons. The third-order valence-electron chi connectivity index (χ3n) is 4.88. The van der Waals surface area contributed by atoms with Gasteiger partial charge in [0.15, 0.2) is 0 Å². The first-order chi connectivity index (χ1) is 15.1. The molecular formula is C25H29NO5. The number of hydrogen-bond acceptors (Lipinski definition) is 5. The molecule has 1 aliphatic rings. The maximum atomic E-state index is 10.9. The molecule has 6 nitrogen and oxygen atoms in total. The van der Waals surface area contributed by atoms with Gasteiger partial charge in [0.25, 0.3) is 0 Å². The lowest BCUT2D eigenvalue weighted by molar-refractivity contribution is -0.136. The smallest absolute Gasteiger partial charge is 0.303 e. The number of hydrogen-bond donors (Lipinski definition) is 1. The predicted octanol–water partition coefficient (Wildman–Crippen LogP) is 5.31. The van der Waals surface area contributed by atoms with Crippen molar-refractivity contribution in [3.63, 3.8) is 0 Å². The van der Waals surface area contributed by atoms with Crippen molar-refractivity contribution in [1.29, 1.82) is 0 Å². The molecule has 0 saturated carbocycles. The van der Waals surface area contributed by atoms with Crippen molar-refractivity contribution < 1.29 is 23.8 Å². The quantitative estimate of drug-likeness (QED) is 0.527. The number of allylic oxidation sites excluding steroid dienone is 6. The van der Waals surface area contributed by atoms with Crippen molar-refractivity contribution in [3.05, 3.63) is 71.5 Å². The predicted molar refractivity (Wildman–Crippen MR) is 119 cm³/mol. The molecule has 0 aliphatic heterocycles. The zero-order chi connectivity index (χ0) is 22.1. The highest BCUT2D eigenvalue weighted by Crippen LogP contribution is 2.27. The molecule has 3 rings (SSSR count). The third kappa shape index (κ3) is 6.60. The number of aryl methyl sites for hydroxylation is 2. The maximum Gasteiger partial charge on any atom is 0.303 e. The molecule has 6 heteroatoms. The summed E-state index contributed by atoms with van der Waals surface area (Å²) >= 11 is 0. The second kappa shape index (κ2) is 11.2. The van der Waals surface area contributed by atoms with E-state index in [1.807, 2.05) is 56.4 Å². The summed E-state index contributed by atoms with van der Waals surface area (Å²) in [4.78, 5) is 15.6. The first-order valence-corrected chi connectivity index (χ1v) is 10.7. The minimum Gasteiger partial charge on any atom is -0.493 e. The molecule has 31 heavy (non-hydrogen) atoms. The topological polar surface area (TPSA) is 81.8 Å². The number of carbonyl (C=O) groups is 1. The molecule has 1 aliphatic carbocycles. The molecule has 0 saturated heterocycles. The van der Waals surface area contributed by atoms with Crippen molar-refractivity contribution in [2.24, 2.45) is 0 Å². The van der Waals surface area contributed by atoms with Crippen LogP contribution in [0.3, 0.4) is 0 Å². The van der Waals surface area contributed by atoms with E-state index >= 15 is 0 Å². The van der Waals surface area contributed by atoms with Crippen LogP contribution in [0.5, 0.6) is 11.5 Å². The van der Waals surface area contributed by atoms with Gasteiger partial charge in [-0.05, 0) is 37.8 Å². The summed E-state index contributed by atoms with van der Waals surface area (Å²) in [6.45, 7) is 4.98. The van der Waals surface area contributed by atoms with Gasteiger partial charge >= 0.3 is 5.97 Å². The van der Waals surface area contributed by atoms with E-state index in [2.05, 4.69) is 11.1 Å². The molecule has 1 heterocycles. The molecule has 1 aromatic heterocycles. The zero-order valence-electron chi connectivity index (χ0n) is 18.1. The van der Waals surface area contributed by atoms with Gasteiger partial charge in [0.1, 0.15) is 17.3 Å². The maximum absolute atomic E-state index is 10.9. The molecule has 0 radical (unpaired) electrons. The zero-order valence-corrected chi connectivity index (χ0v) is 18.1. The summed E-state index contributed by atoms with van der Waals surface area (Å²) in [6.07, 6.45) is 12.9. The number of nitrogens with zero attached hydrogens (tertiary/aromatic N) is 1. The monoisotopic (exact) mass is 423 g/mol. The number of benzene rings is 1. The lowest BCUT2D eigenvalue weighted by atomic mass is 10.1. The first-order valence-electron chi connectivity index (χ1n) is 10.7. The van der Waals surface area contributed by atoms with Gasteiger partial charge < -0.3 is 19.0 Å². The normalized spacial score (nSPS) is 13.0. The van der Waals surface area contributed by atoms with Crippen LogP contribution in [0.25, 0.3) is 5.57 Å². The van der Waals surface area contributed by atoms with E-state index in [9.17, 15) is 4.79 Å². The first kappa shape index (κ1) is 22.4. The van der Waals surface area contributed by atoms with Crippen LogP contribution in [0.4, 0.5) is 0 Å². The second-order valence-electron chi connectivity index (χ2n) is 7.34. The van der Waals surface area contributed by atoms with Gasteiger partial charge in [0.2, 0.25) is 5.89 Å². The minimum atomic E-state index is -0.823. The highest BCUT2D eigenvalue weighted by molar-refractivity contribution is 5.67. The van der Waals surface area contributed by atoms with Crippen LogP contribution in [0.2, 0.25) is 0 Å². The Balaban J connectivity index is 1.62. The van der Waals surface area contributed by atoms with Crippen molar-refractivity contribution in [2.45, 2.75) is 46.0 Å². The van der Waals surface area contributed by atoms with Crippen LogP contribution < -0.4 is 9.47 Å². The summed E-state index contributed by atoms with van der Waals surface area (Å²) in [7, 11) is 0. The van der Waals surface area contributed by atoms with Crippen molar-refractivity contribution >= 4 is 11.5 Å². The fourth-order valence-corrected chi connectivity index (χ4v) is 3.22. The van der Waals surface area contributed by atoms with Crippen LogP contribution in [-0.4, -0.2) is 29.3 Å². The Kier molecular flexibility index (Phi) is 8.10. The summed E-state index contributed by atoms with van der Waals surface area (Å²) in [5.41, 5.74) is 2.81. The van der Waals surface area contributed by atoms with Gasteiger partial charge in [-0.25, -0.2) is 4.98 Å². The van der Waals surface area contributed by atoms with Crippen molar-refractivity contribution in [1.82, 2.24) is 4.98 Å². The SMILES string of the molecule is CCCOc1cc(OCCc2nc(C3=CC=CC=CC3)oc2C)ccc1CCC(=O)O. The average molecular weight is 424 g/mol. The van der Waals surface area contributed by atoms with Crippen LogP contribution in [0.1, 0.15) is 49.1 Å². The fourth-order valence-electron chi connectivity index (χ4n) is 3.22. The number of ether oxygens (including phenoxy) is 2. The van der Waals surface area contributed by atoms with E-state index in [4.69, 9.17) is 19.0 Å². The van der Waals surface area contributed by atoms with Gasteiger partial charge in [-0.2, -0.15) is 0 Å². The van der Waals surface area contributed by atoms with Gasteiger partial charge in [-0.1, -0.05) is 43.4 Å². The highest BCUT2D eigenvalue weighted by atomic mass is 16.5. The molecule has 1 aromatic carbocycles. The fraction of sp³-hybridized carbons (Fsp3) is 0.360. The van der Waals surface area contributed by atoms with Crippen LogP contribution >= 0.6 is 0 Å². The number of oxazole rings is 1. The number of aromatic nitrogens is 1. The summed E-state index contributed by atoms with van der Waals surface area (Å²) < 4.78 is 17.6. The largest absolute Gasteiger partial charge is 0.493 e. The number of rotatable bonds is 11. The van der Waals surface area contributed by atoms with Gasteiger partial charge in [0, 0.05) is 24.5 Å². The third-order valence-corrected chi connectivity index (χ3v) is 4.88. The van der Waals surface area contributed by atoms with E-state index in [0.29, 0.717) is 43.4 Å². The van der Waals surface area contributed by atoms with Crippen molar-refractivity contribution in [3.8, 4) is 11.5 Å². The van der Waals surface area contributed by atoms with Crippen LogP contribution in [0, 0.1) is 6.92 Å². The van der Waals surface area contributed by atoms with E-state index < -0.39 is 5.97 Å². The number of carboxylic acid groups (broad SMARTS) is 1. The number of aliphatic carboxylic acids is 1. The number of carboxylic acids is 1. The van der Waals surface area contributed by atoms with Gasteiger partial charge in [-0.3, -0.25) is 4.79 Å². The molecule has 2 aromatic rings. The Morgan fingerprint density at radius 1 is 1.16 bits per heavy atom. The second-order valence-corrected chi connectivity index (χ2v) is 7.34. The Hall–Kier alpha value is -3.28. The molecule has 0 unspecified atom stereocenters. The Morgan fingerprint density at radius 3 is 2.84 bits per heavy atom. The van der Waals surface area contributed by atoms with Gasteiger partial charge in [-0.15, -0.1) is 0 Å². The average Bonchev–Trinajstić information content (AvgIpc) is 2.94. The van der Waals surface area contributed by atoms with E-state index in [1.54, 1.807) is 0 Å². The lowest BCUT2D eigenvalue weighted by Crippen LogP contribution is -2.05. The Morgan fingerprint density at radius 2 is 2.03 bits per heavy atom. The van der Waals surface area contributed by atoms with E-state index in [0.717, 1.165) is 35.4 Å². The van der Waals surface area contributed by atoms with Crippen LogP contribution in [-0.2, 0) is 17.6 Å². The summed E-state index contributed by atoms with van der Waals surface area (Å²) in [6, 6.07) is 5.57. The lowest BCUT2D eigenvalue weighted by Gasteiger charge is -2.13. The molecule has 0 fully saturated rings. The highest BCUT2D eigenvalue weighted by Gasteiger charge is 2.14. The van der Waals surface area contributed by atoms with Gasteiger partial charge in [0.05, 0.1) is 18.9 Å². The molecule has 0 bridgehead atoms. The van der Waals surface area contributed by atoms with E-state index in [1.165, 1.54) is 0 Å².